The minimum absolute atomic E-state index is 0.0112. The van der Waals surface area contributed by atoms with Crippen LogP contribution in [0.5, 0.6) is 5.75 Å². The highest BCUT2D eigenvalue weighted by molar-refractivity contribution is 6.00. The first kappa shape index (κ1) is 23.6. The van der Waals surface area contributed by atoms with Gasteiger partial charge in [-0.25, -0.2) is 0 Å². The number of benzene rings is 2. The molecule has 0 aliphatic rings. The molecular formula is C24H32O4. The summed E-state index contributed by atoms with van der Waals surface area (Å²) in [4.78, 5) is 23.6. The Balaban J connectivity index is 0.000000292. The van der Waals surface area contributed by atoms with Crippen LogP contribution in [0.4, 0.5) is 0 Å². The Bertz CT molecular complexity index is 748. The summed E-state index contributed by atoms with van der Waals surface area (Å²) in [5.74, 6) is 0.976. The highest BCUT2D eigenvalue weighted by atomic mass is 16.5. The highest BCUT2D eigenvalue weighted by Gasteiger charge is 2.23. The molecule has 0 spiro atoms. The summed E-state index contributed by atoms with van der Waals surface area (Å²) in [7, 11) is 0. The fourth-order valence-corrected chi connectivity index (χ4v) is 2.32. The largest absolute Gasteiger partial charge is 0.491 e. The lowest BCUT2D eigenvalue weighted by molar-refractivity contribution is 0.0852. The Hall–Kier alpha value is -2.46. The second-order valence-corrected chi connectivity index (χ2v) is 8.62. The number of Topliss-reactive ketones (excluding diaryl/α,β-unsaturated/α-hetero) is 2. The fourth-order valence-electron chi connectivity index (χ4n) is 2.32. The van der Waals surface area contributed by atoms with E-state index < -0.39 is 0 Å². The number of ketones is 2. The third kappa shape index (κ3) is 7.65. The van der Waals surface area contributed by atoms with E-state index in [1.165, 1.54) is 0 Å². The molecule has 28 heavy (non-hydrogen) atoms. The van der Waals surface area contributed by atoms with Gasteiger partial charge in [0.1, 0.15) is 12.4 Å². The summed E-state index contributed by atoms with van der Waals surface area (Å²) in [5, 5.41) is 8.60. The van der Waals surface area contributed by atoms with Crippen LogP contribution in [0.15, 0.2) is 54.6 Å². The molecule has 1 N–H and O–H groups in total. The zero-order chi connectivity index (χ0) is 21.4. The van der Waals surface area contributed by atoms with E-state index in [-0.39, 0.29) is 35.6 Å². The van der Waals surface area contributed by atoms with Gasteiger partial charge in [-0.05, 0) is 24.3 Å². The Kier molecular flexibility index (Phi) is 8.58. The molecule has 0 saturated heterocycles. The van der Waals surface area contributed by atoms with Gasteiger partial charge in [0.05, 0.1) is 6.61 Å². The van der Waals surface area contributed by atoms with Crippen molar-refractivity contribution in [2.75, 3.05) is 13.2 Å². The summed E-state index contributed by atoms with van der Waals surface area (Å²) in [6.45, 7) is 11.7. The van der Waals surface area contributed by atoms with Gasteiger partial charge in [0.2, 0.25) is 0 Å². The summed E-state index contributed by atoms with van der Waals surface area (Å²) in [6, 6.07) is 16.4. The van der Waals surface area contributed by atoms with Crippen LogP contribution in [-0.4, -0.2) is 29.9 Å². The van der Waals surface area contributed by atoms with Gasteiger partial charge in [0, 0.05) is 22.0 Å². The van der Waals surface area contributed by atoms with E-state index in [9.17, 15) is 9.59 Å². The van der Waals surface area contributed by atoms with Gasteiger partial charge in [-0.15, -0.1) is 0 Å². The average Bonchev–Trinajstić information content (AvgIpc) is 2.65. The van der Waals surface area contributed by atoms with Crippen LogP contribution < -0.4 is 4.74 Å². The third-order valence-electron chi connectivity index (χ3n) is 3.87. The van der Waals surface area contributed by atoms with Crippen molar-refractivity contribution in [3.05, 3.63) is 65.7 Å². The van der Waals surface area contributed by atoms with Crippen molar-refractivity contribution in [3.8, 4) is 5.75 Å². The smallest absolute Gasteiger partial charge is 0.168 e. The summed E-state index contributed by atoms with van der Waals surface area (Å²) in [5.41, 5.74) is 0.836. The standard InChI is InChI=1S/C13H18O3.C11H14O/c1-13(2,3)12(15)10-4-6-11(7-5-10)16-9-8-14;1-11(2,3)10(12)9-7-5-4-6-8-9/h4-7,14H,8-9H2,1-3H3;4-8H,1-3H3. The molecule has 4 nitrogen and oxygen atoms in total. The number of hydrogen-bond acceptors (Lipinski definition) is 4. The van der Waals surface area contributed by atoms with Crippen molar-refractivity contribution in [3.63, 3.8) is 0 Å². The average molecular weight is 385 g/mol. The normalized spacial score (nSPS) is 11.2. The van der Waals surface area contributed by atoms with E-state index in [1.54, 1.807) is 24.3 Å². The molecular weight excluding hydrogens is 352 g/mol. The fraction of sp³-hybridized carbons (Fsp3) is 0.417. The molecule has 0 amide bonds. The number of aliphatic hydroxyl groups excluding tert-OH is 1. The predicted molar refractivity (Wildman–Crippen MR) is 113 cm³/mol. The van der Waals surface area contributed by atoms with Crippen LogP contribution in [0.1, 0.15) is 62.3 Å². The van der Waals surface area contributed by atoms with E-state index in [4.69, 9.17) is 9.84 Å². The first-order valence-corrected chi connectivity index (χ1v) is 9.45. The lowest BCUT2D eigenvalue weighted by Gasteiger charge is -2.16. The van der Waals surface area contributed by atoms with Crippen molar-refractivity contribution in [1.29, 1.82) is 0 Å². The molecule has 4 heteroatoms. The third-order valence-corrected chi connectivity index (χ3v) is 3.87. The molecule has 2 aromatic rings. The van der Waals surface area contributed by atoms with Crippen LogP contribution >= 0.6 is 0 Å². The Morgan fingerprint density at radius 3 is 1.57 bits per heavy atom. The van der Waals surface area contributed by atoms with E-state index in [2.05, 4.69) is 0 Å². The zero-order valence-electron chi connectivity index (χ0n) is 17.8. The van der Waals surface area contributed by atoms with Crippen LogP contribution in [-0.2, 0) is 0 Å². The maximum atomic E-state index is 11.9. The molecule has 0 saturated carbocycles. The van der Waals surface area contributed by atoms with Gasteiger partial charge in [-0.3, -0.25) is 9.59 Å². The second-order valence-electron chi connectivity index (χ2n) is 8.62. The number of carbonyl (C=O) groups is 2. The van der Waals surface area contributed by atoms with Crippen LogP contribution in [0, 0.1) is 10.8 Å². The number of aliphatic hydroxyl groups is 1. The topological polar surface area (TPSA) is 63.6 Å². The van der Waals surface area contributed by atoms with Crippen molar-refractivity contribution in [1.82, 2.24) is 0 Å². The summed E-state index contributed by atoms with van der Waals surface area (Å²) >= 11 is 0. The van der Waals surface area contributed by atoms with E-state index in [0.717, 1.165) is 5.56 Å². The molecule has 0 aliphatic carbocycles. The molecule has 0 aromatic heterocycles. The van der Waals surface area contributed by atoms with Gasteiger partial charge >= 0.3 is 0 Å². The van der Waals surface area contributed by atoms with Crippen LogP contribution in [0.3, 0.4) is 0 Å². The monoisotopic (exact) mass is 384 g/mol. The Labute approximate surface area is 168 Å². The molecule has 2 rings (SSSR count). The zero-order valence-corrected chi connectivity index (χ0v) is 17.8. The summed E-state index contributed by atoms with van der Waals surface area (Å²) in [6.07, 6.45) is 0. The maximum absolute atomic E-state index is 11.9. The van der Waals surface area contributed by atoms with Crippen molar-refractivity contribution >= 4 is 11.6 Å². The highest BCUT2D eigenvalue weighted by Crippen LogP contribution is 2.22. The second kappa shape index (κ2) is 10.2. The van der Waals surface area contributed by atoms with Gasteiger partial charge in [-0.2, -0.15) is 0 Å². The molecule has 0 aliphatic heterocycles. The molecule has 2 aromatic carbocycles. The number of ether oxygens (including phenoxy) is 1. The lowest BCUT2D eigenvalue weighted by atomic mass is 9.86. The van der Waals surface area contributed by atoms with Crippen LogP contribution in [0.2, 0.25) is 0 Å². The van der Waals surface area contributed by atoms with Gasteiger partial charge in [0.15, 0.2) is 11.6 Å². The Morgan fingerprint density at radius 2 is 1.18 bits per heavy atom. The molecule has 0 unspecified atom stereocenters. The number of carbonyl (C=O) groups excluding carboxylic acids is 2. The summed E-state index contributed by atoms with van der Waals surface area (Å²) < 4.78 is 5.21. The van der Waals surface area contributed by atoms with E-state index in [1.807, 2.05) is 71.9 Å². The molecule has 0 radical (unpaired) electrons. The SMILES string of the molecule is CC(C)(C)C(=O)c1ccc(OCCO)cc1.CC(C)(C)C(=O)c1ccccc1. The lowest BCUT2D eigenvalue weighted by Crippen LogP contribution is -2.20. The minimum atomic E-state index is -0.368. The molecule has 0 heterocycles. The minimum Gasteiger partial charge on any atom is -0.491 e. The quantitative estimate of drug-likeness (QED) is 0.720. The van der Waals surface area contributed by atoms with Gasteiger partial charge in [-0.1, -0.05) is 71.9 Å². The first-order chi connectivity index (χ1) is 13.0. The first-order valence-electron chi connectivity index (χ1n) is 9.45. The maximum Gasteiger partial charge on any atom is 0.168 e. The number of hydrogen-bond donors (Lipinski definition) is 1. The predicted octanol–water partition coefficient (Wildman–Crippen LogP) is 5.20. The van der Waals surface area contributed by atoms with Gasteiger partial charge < -0.3 is 9.84 Å². The Morgan fingerprint density at radius 1 is 0.750 bits per heavy atom. The van der Waals surface area contributed by atoms with Crippen molar-refractivity contribution in [2.45, 2.75) is 41.5 Å². The van der Waals surface area contributed by atoms with Crippen LogP contribution in [0.25, 0.3) is 0 Å². The molecule has 0 atom stereocenters. The van der Waals surface area contributed by atoms with E-state index >= 15 is 0 Å². The molecule has 152 valence electrons. The van der Waals surface area contributed by atoms with Gasteiger partial charge in [0.25, 0.3) is 0 Å². The number of rotatable bonds is 5. The van der Waals surface area contributed by atoms with Crippen molar-refractivity contribution in [2.24, 2.45) is 10.8 Å². The van der Waals surface area contributed by atoms with Crippen molar-refractivity contribution < 1.29 is 19.4 Å². The molecule has 0 bridgehead atoms. The van der Waals surface area contributed by atoms with E-state index in [0.29, 0.717) is 11.3 Å². The molecule has 0 fully saturated rings.